The number of ketones is 1. The van der Waals surface area contributed by atoms with E-state index in [0.717, 1.165) is 31.2 Å². The van der Waals surface area contributed by atoms with Gasteiger partial charge in [0.05, 0.1) is 38.2 Å². The Morgan fingerprint density at radius 2 is 1.55 bits per heavy atom. The molecule has 236 valence electrons. The van der Waals surface area contributed by atoms with E-state index in [2.05, 4.69) is 31.9 Å². The van der Waals surface area contributed by atoms with Gasteiger partial charge in [0.2, 0.25) is 5.78 Å². The Bertz CT molecular complexity index is 2130. The number of ether oxygens (including phenoxy) is 1. The number of hydrogen-bond acceptors (Lipinski definition) is 3. The highest BCUT2D eigenvalue weighted by atomic mass is 79.9. The van der Waals surface area contributed by atoms with E-state index in [4.69, 9.17) is 32.4 Å². The van der Waals surface area contributed by atoms with Gasteiger partial charge in [0.25, 0.3) is 0 Å². The maximum atomic E-state index is 13.5. The van der Waals surface area contributed by atoms with Crippen molar-refractivity contribution in [1.82, 2.24) is 0 Å². The van der Waals surface area contributed by atoms with Crippen LogP contribution in [0.5, 0.6) is 0 Å². The lowest BCUT2D eigenvalue weighted by Gasteiger charge is -2.22. The van der Waals surface area contributed by atoms with Gasteiger partial charge in [-0.25, -0.2) is 4.42 Å². The number of benzene rings is 3. The summed E-state index contributed by atoms with van der Waals surface area (Å²) in [4.78, 5) is 13.5. The zero-order valence-corrected chi connectivity index (χ0v) is 30.6. The summed E-state index contributed by atoms with van der Waals surface area (Å²) in [6.45, 7) is 8.14. The van der Waals surface area contributed by atoms with E-state index in [-0.39, 0.29) is 28.1 Å². The van der Waals surface area contributed by atoms with Crippen molar-refractivity contribution in [2.75, 3.05) is 0 Å². The molecule has 3 aromatic carbocycles. The molecular formula is C39H29Br2Cl2O4+. The average Bonchev–Trinajstić information content (AvgIpc) is 3.04. The number of allylic oxidation sites excluding steroid dienone is 6. The lowest BCUT2D eigenvalue weighted by molar-refractivity contribution is -0.113. The number of aryl methyl sites for hydroxylation is 1. The second-order valence-corrected chi connectivity index (χ2v) is 14.9. The zero-order valence-electron chi connectivity index (χ0n) is 25.9. The Balaban J connectivity index is 1.41. The first kappa shape index (κ1) is 33.2. The van der Waals surface area contributed by atoms with Crippen LogP contribution in [0.3, 0.4) is 0 Å². The van der Waals surface area contributed by atoms with Gasteiger partial charge >= 0.3 is 11.5 Å². The van der Waals surface area contributed by atoms with E-state index < -0.39 is 0 Å². The molecular weight excluding hydrogens is 763 g/mol. The van der Waals surface area contributed by atoms with E-state index in [1.54, 1.807) is 24.3 Å². The van der Waals surface area contributed by atoms with Crippen LogP contribution in [-0.2, 0) is 14.9 Å². The molecule has 0 amide bonds. The maximum Gasteiger partial charge on any atom is 0.360 e. The van der Waals surface area contributed by atoms with Crippen LogP contribution in [0, 0.1) is 6.92 Å². The fourth-order valence-electron chi connectivity index (χ4n) is 5.19. The molecule has 2 heterocycles. The molecule has 1 aliphatic carbocycles. The lowest BCUT2D eigenvalue weighted by Crippen LogP contribution is -2.21. The summed E-state index contributed by atoms with van der Waals surface area (Å²) in [6.07, 6.45) is 7.13. The summed E-state index contributed by atoms with van der Waals surface area (Å²) in [7, 11) is 0. The van der Waals surface area contributed by atoms with Crippen molar-refractivity contribution in [3.63, 3.8) is 0 Å². The van der Waals surface area contributed by atoms with Gasteiger partial charge in [0, 0.05) is 26.1 Å². The van der Waals surface area contributed by atoms with Crippen molar-refractivity contribution < 1.29 is 19.1 Å². The van der Waals surface area contributed by atoms with Crippen molar-refractivity contribution in [3.05, 3.63) is 161 Å². The largest absolute Gasteiger partial charge is 0.506 e. The molecule has 2 aliphatic rings. The smallest absolute Gasteiger partial charge is 0.360 e. The van der Waals surface area contributed by atoms with E-state index in [0.29, 0.717) is 44.2 Å². The van der Waals surface area contributed by atoms with Gasteiger partial charge in [-0.05, 0) is 131 Å². The monoisotopic (exact) mass is 789 g/mol. The number of carbonyl (C=O) groups excluding carboxylic acids is 1. The molecule has 0 saturated carbocycles. The molecule has 6 rings (SSSR count). The van der Waals surface area contributed by atoms with E-state index in [1.165, 1.54) is 0 Å². The van der Waals surface area contributed by atoms with Gasteiger partial charge in [0.1, 0.15) is 17.3 Å². The van der Waals surface area contributed by atoms with E-state index in [9.17, 15) is 9.90 Å². The number of rotatable bonds is 5. The van der Waals surface area contributed by atoms with Gasteiger partial charge in [-0.15, -0.1) is 0 Å². The van der Waals surface area contributed by atoms with Crippen LogP contribution in [0.25, 0.3) is 28.9 Å². The summed E-state index contributed by atoms with van der Waals surface area (Å²) < 4.78 is 14.5. The molecule has 8 heteroatoms. The van der Waals surface area contributed by atoms with Crippen LogP contribution in [0.2, 0.25) is 10.0 Å². The van der Waals surface area contributed by atoms with Crippen LogP contribution in [0.4, 0.5) is 0 Å². The Kier molecular flexibility index (Phi) is 9.25. The minimum atomic E-state index is -0.324. The number of aliphatic hydroxyl groups excluding tert-OH is 1. The molecule has 0 unspecified atom stereocenters. The number of aliphatic hydroxyl groups is 1. The number of hydrogen-bond donors (Lipinski definition) is 1. The van der Waals surface area contributed by atoms with Gasteiger partial charge in [-0.3, -0.25) is 4.79 Å². The maximum absolute atomic E-state index is 13.5. The van der Waals surface area contributed by atoms with Crippen molar-refractivity contribution in [3.8, 4) is 11.3 Å². The molecule has 0 saturated heterocycles. The van der Waals surface area contributed by atoms with Crippen LogP contribution < -0.4 is 0 Å². The molecule has 0 fully saturated rings. The van der Waals surface area contributed by atoms with Gasteiger partial charge in [0.15, 0.2) is 0 Å². The third kappa shape index (κ3) is 6.97. The molecule has 4 aromatic rings. The van der Waals surface area contributed by atoms with E-state index in [1.807, 2.05) is 101 Å². The summed E-state index contributed by atoms with van der Waals surface area (Å²) >= 11 is 19.6. The van der Waals surface area contributed by atoms with Crippen LogP contribution >= 0.6 is 55.1 Å². The van der Waals surface area contributed by atoms with Gasteiger partial charge < -0.3 is 9.84 Å². The first-order chi connectivity index (χ1) is 22.3. The molecule has 1 aliphatic heterocycles. The Hall–Kier alpha value is -3.68. The fourth-order valence-corrected chi connectivity index (χ4v) is 6.11. The summed E-state index contributed by atoms with van der Waals surface area (Å²) in [5.74, 6) is 2.20. The highest BCUT2D eigenvalue weighted by Crippen LogP contribution is 2.39. The molecule has 4 nitrogen and oxygen atoms in total. The SMILES string of the molecule is Cc1ccccc1C1=CC(=CC2=C(O)C(=Cc3cc(-c4ccc(Cl)c(Cl)c4)[o+]c(C(C)(C)C)c3)C2=O)C=C(c2ccc(Br)c(Br)c2)O1. The van der Waals surface area contributed by atoms with Crippen LogP contribution in [-0.4, -0.2) is 10.9 Å². The van der Waals surface area contributed by atoms with Crippen molar-refractivity contribution in [2.24, 2.45) is 0 Å². The lowest BCUT2D eigenvalue weighted by atomic mass is 9.84. The Morgan fingerprint density at radius 3 is 2.23 bits per heavy atom. The first-order valence-corrected chi connectivity index (χ1v) is 17.1. The summed E-state index contributed by atoms with van der Waals surface area (Å²) in [6, 6.07) is 22.8. The van der Waals surface area contributed by atoms with Crippen molar-refractivity contribution >= 4 is 78.4 Å². The normalized spacial score (nSPS) is 16.6. The number of halogens is 4. The van der Waals surface area contributed by atoms with Crippen LogP contribution in [0.1, 0.15) is 48.8 Å². The van der Waals surface area contributed by atoms with Crippen LogP contribution in [0.15, 0.2) is 127 Å². The van der Waals surface area contributed by atoms with Crippen molar-refractivity contribution in [1.29, 1.82) is 0 Å². The number of Topliss-reactive ketones (excluding diaryl/α,β-unsaturated/α-hetero) is 1. The second-order valence-electron chi connectivity index (χ2n) is 12.4. The average molecular weight is 792 g/mol. The van der Waals surface area contributed by atoms with Gasteiger partial charge in [-0.2, -0.15) is 0 Å². The molecule has 47 heavy (non-hydrogen) atoms. The quantitative estimate of drug-likeness (QED) is 0.162. The standard InChI is InChI=1S/C39H28Br2Cl2O4/c1-21-7-5-6-8-26(21)35-17-22(15-33(46-35)24-9-11-29(40)30(41)19-24)13-27-37(44)28(38(27)45)14-23-16-34(47-36(18-23)39(2,3)4)25-10-12-31(42)32(43)20-25/h5-20H,1-4H3/p+1. The number of carbonyl (C=O) groups is 1. The first-order valence-electron chi connectivity index (χ1n) is 14.8. The third-order valence-electron chi connectivity index (χ3n) is 7.81. The molecule has 1 N–H and O–H groups in total. The molecule has 1 aromatic heterocycles. The molecule has 0 bridgehead atoms. The Labute approximate surface area is 300 Å². The summed E-state index contributed by atoms with van der Waals surface area (Å²) in [5.41, 5.74) is 5.12. The van der Waals surface area contributed by atoms with Gasteiger partial charge in [-0.1, -0.05) is 53.5 Å². The highest BCUT2D eigenvalue weighted by Gasteiger charge is 2.34. The minimum absolute atomic E-state index is 0.0737. The third-order valence-corrected chi connectivity index (χ3v) is 10.4. The van der Waals surface area contributed by atoms with Crippen molar-refractivity contribution in [2.45, 2.75) is 33.1 Å². The predicted molar refractivity (Wildman–Crippen MR) is 198 cm³/mol. The topological polar surface area (TPSA) is 57.8 Å². The highest BCUT2D eigenvalue weighted by molar-refractivity contribution is 9.13. The fraction of sp³-hybridized carbons (Fsp3) is 0.128. The molecule has 0 spiro atoms. The minimum Gasteiger partial charge on any atom is -0.506 e. The van der Waals surface area contributed by atoms with E-state index >= 15 is 0 Å². The molecule has 0 atom stereocenters. The summed E-state index contributed by atoms with van der Waals surface area (Å²) in [5, 5.41) is 12.0. The zero-order chi connectivity index (χ0) is 33.6. The second kappa shape index (κ2) is 13.1. The predicted octanol–water partition coefficient (Wildman–Crippen LogP) is 12.5. The molecule has 0 radical (unpaired) electrons. The Morgan fingerprint density at radius 1 is 0.830 bits per heavy atom.